The van der Waals surface area contributed by atoms with Crippen molar-refractivity contribution in [2.24, 2.45) is 0 Å². The molecule has 0 atom stereocenters. The fourth-order valence-electron chi connectivity index (χ4n) is 1.64. The number of hydrogen-bond acceptors (Lipinski definition) is 3. The summed E-state index contributed by atoms with van der Waals surface area (Å²) in [5.74, 6) is 0.842. The summed E-state index contributed by atoms with van der Waals surface area (Å²) >= 11 is 0. The summed E-state index contributed by atoms with van der Waals surface area (Å²) in [5.41, 5.74) is 1.07. The van der Waals surface area contributed by atoms with Crippen LogP contribution in [0.25, 0.3) is 0 Å². The summed E-state index contributed by atoms with van der Waals surface area (Å²) in [6.45, 7) is 3.43. The van der Waals surface area contributed by atoms with Gasteiger partial charge in [0.25, 0.3) is 5.56 Å². The van der Waals surface area contributed by atoms with Gasteiger partial charge < -0.3 is 9.88 Å². The van der Waals surface area contributed by atoms with E-state index in [1.54, 1.807) is 29.1 Å². The van der Waals surface area contributed by atoms with Gasteiger partial charge in [0.05, 0.1) is 6.54 Å². The van der Waals surface area contributed by atoms with Gasteiger partial charge in [0, 0.05) is 25.0 Å². The van der Waals surface area contributed by atoms with Crippen LogP contribution in [0, 0.1) is 0 Å². The minimum atomic E-state index is 0.00862. The number of anilines is 1. The first-order valence-corrected chi connectivity index (χ1v) is 5.64. The standard InChI is InChI=1S/C13H15N3O/c1-2-14-12-9-11(6-7-15-12)10-16-8-4-3-5-13(16)17/h3-9H,2,10H2,1H3,(H,14,15). The molecule has 88 valence electrons. The minimum Gasteiger partial charge on any atom is -0.370 e. The third kappa shape index (κ3) is 2.93. The summed E-state index contributed by atoms with van der Waals surface area (Å²) < 4.78 is 1.67. The van der Waals surface area contributed by atoms with Crippen molar-refractivity contribution in [3.63, 3.8) is 0 Å². The SMILES string of the molecule is CCNc1cc(Cn2ccccc2=O)ccn1. The molecule has 0 saturated heterocycles. The Morgan fingerprint density at radius 3 is 3.00 bits per heavy atom. The van der Waals surface area contributed by atoms with Crippen LogP contribution in [-0.2, 0) is 6.54 Å². The zero-order chi connectivity index (χ0) is 12.1. The molecule has 0 radical (unpaired) electrons. The molecule has 0 aliphatic carbocycles. The van der Waals surface area contributed by atoms with Gasteiger partial charge in [0.2, 0.25) is 0 Å². The third-order valence-electron chi connectivity index (χ3n) is 2.43. The maximum absolute atomic E-state index is 11.6. The zero-order valence-electron chi connectivity index (χ0n) is 9.76. The number of nitrogens with zero attached hydrogens (tertiary/aromatic N) is 2. The minimum absolute atomic E-state index is 0.00862. The number of rotatable bonds is 4. The molecule has 0 bridgehead atoms. The van der Waals surface area contributed by atoms with Crippen molar-refractivity contribution in [3.05, 3.63) is 58.6 Å². The molecule has 4 nitrogen and oxygen atoms in total. The summed E-state index contributed by atoms with van der Waals surface area (Å²) in [6, 6.07) is 9.04. The molecule has 0 saturated carbocycles. The first-order chi connectivity index (χ1) is 8.29. The third-order valence-corrected chi connectivity index (χ3v) is 2.43. The van der Waals surface area contributed by atoms with E-state index in [1.807, 2.05) is 25.1 Å². The fraction of sp³-hybridized carbons (Fsp3) is 0.231. The van der Waals surface area contributed by atoms with E-state index in [4.69, 9.17) is 0 Å². The molecule has 2 rings (SSSR count). The van der Waals surface area contributed by atoms with E-state index < -0.39 is 0 Å². The topological polar surface area (TPSA) is 46.9 Å². The van der Waals surface area contributed by atoms with Gasteiger partial charge in [-0.1, -0.05) is 6.07 Å². The molecule has 2 aromatic rings. The van der Waals surface area contributed by atoms with Crippen molar-refractivity contribution < 1.29 is 0 Å². The normalized spacial score (nSPS) is 10.2. The van der Waals surface area contributed by atoms with Crippen LogP contribution >= 0.6 is 0 Å². The highest BCUT2D eigenvalue weighted by Crippen LogP contribution is 2.07. The van der Waals surface area contributed by atoms with E-state index in [1.165, 1.54) is 0 Å². The lowest BCUT2D eigenvalue weighted by Gasteiger charge is -2.07. The Labute approximate surface area is 99.9 Å². The second-order valence-electron chi connectivity index (χ2n) is 3.75. The quantitative estimate of drug-likeness (QED) is 0.868. The van der Waals surface area contributed by atoms with E-state index >= 15 is 0 Å². The molecule has 0 spiro atoms. The molecule has 0 aliphatic rings. The predicted octanol–water partition coefficient (Wildman–Crippen LogP) is 1.72. The maximum Gasteiger partial charge on any atom is 0.250 e. The van der Waals surface area contributed by atoms with Gasteiger partial charge in [-0.2, -0.15) is 0 Å². The highest BCUT2D eigenvalue weighted by atomic mass is 16.1. The molecule has 0 unspecified atom stereocenters. The lowest BCUT2D eigenvalue weighted by molar-refractivity contribution is 0.758. The molecule has 2 heterocycles. The molecule has 17 heavy (non-hydrogen) atoms. The molecule has 1 N–H and O–H groups in total. The number of pyridine rings is 2. The van der Waals surface area contributed by atoms with Crippen LogP contribution < -0.4 is 10.9 Å². The highest BCUT2D eigenvalue weighted by molar-refractivity contribution is 5.37. The van der Waals surface area contributed by atoms with Crippen molar-refractivity contribution in [2.75, 3.05) is 11.9 Å². The zero-order valence-corrected chi connectivity index (χ0v) is 9.76. The Morgan fingerprint density at radius 1 is 1.35 bits per heavy atom. The molecular formula is C13H15N3O. The van der Waals surface area contributed by atoms with Gasteiger partial charge in [0.1, 0.15) is 5.82 Å². The average Bonchev–Trinajstić information content (AvgIpc) is 2.33. The van der Waals surface area contributed by atoms with E-state index in [-0.39, 0.29) is 5.56 Å². The van der Waals surface area contributed by atoms with Crippen LogP contribution in [0.3, 0.4) is 0 Å². The van der Waals surface area contributed by atoms with E-state index in [9.17, 15) is 4.79 Å². The molecular weight excluding hydrogens is 214 g/mol. The van der Waals surface area contributed by atoms with Crippen LogP contribution in [0.2, 0.25) is 0 Å². The summed E-state index contributed by atoms with van der Waals surface area (Å²) in [7, 11) is 0. The van der Waals surface area contributed by atoms with Crippen LogP contribution in [-0.4, -0.2) is 16.1 Å². The van der Waals surface area contributed by atoms with Crippen LogP contribution in [0.5, 0.6) is 0 Å². The van der Waals surface area contributed by atoms with Crippen molar-refractivity contribution in [2.45, 2.75) is 13.5 Å². The van der Waals surface area contributed by atoms with Crippen LogP contribution in [0.4, 0.5) is 5.82 Å². The Morgan fingerprint density at radius 2 is 2.24 bits per heavy atom. The van der Waals surface area contributed by atoms with Crippen molar-refractivity contribution >= 4 is 5.82 Å². The monoisotopic (exact) mass is 229 g/mol. The van der Waals surface area contributed by atoms with Gasteiger partial charge in [-0.25, -0.2) is 4.98 Å². The second-order valence-corrected chi connectivity index (χ2v) is 3.75. The maximum atomic E-state index is 11.6. The van der Waals surface area contributed by atoms with Gasteiger partial charge in [-0.15, -0.1) is 0 Å². The lowest BCUT2D eigenvalue weighted by atomic mass is 10.2. The molecule has 0 aliphatic heterocycles. The number of aromatic nitrogens is 2. The van der Waals surface area contributed by atoms with E-state index in [2.05, 4.69) is 10.3 Å². The van der Waals surface area contributed by atoms with Gasteiger partial charge in [-0.05, 0) is 30.7 Å². The smallest absolute Gasteiger partial charge is 0.250 e. The van der Waals surface area contributed by atoms with E-state index in [0.29, 0.717) is 6.54 Å². The predicted molar refractivity (Wildman–Crippen MR) is 68.2 cm³/mol. The van der Waals surface area contributed by atoms with E-state index in [0.717, 1.165) is 17.9 Å². The lowest BCUT2D eigenvalue weighted by Crippen LogP contribution is -2.18. The number of hydrogen-bond donors (Lipinski definition) is 1. The first-order valence-electron chi connectivity index (χ1n) is 5.64. The van der Waals surface area contributed by atoms with Crippen molar-refractivity contribution in [1.82, 2.24) is 9.55 Å². The summed E-state index contributed by atoms with van der Waals surface area (Å²) in [5, 5.41) is 3.15. The Hall–Kier alpha value is -2.10. The molecule has 4 heteroatoms. The Balaban J connectivity index is 2.21. The average molecular weight is 229 g/mol. The van der Waals surface area contributed by atoms with Crippen molar-refractivity contribution in [3.8, 4) is 0 Å². The second kappa shape index (κ2) is 5.30. The largest absolute Gasteiger partial charge is 0.370 e. The molecule has 0 amide bonds. The molecule has 0 aromatic carbocycles. The Kier molecular flexibility index (Phi) is 3.55. The summed E-state index contributed by atoms with van der Waals surface area (Å²) in [4.78, 5) is 15.8. The highest BCUT2D eigenvalue weighted by Gasteiger charge is 1.99. The first kappa shape index (κ1) is 11.4. The van der Waals surface area contributed by atoms with Gasteiger partial charge in [0.15, 0.2) is 0 Å². The molecule has 2 aromatic heterocycles. The van der Waals surface area contributed by atoms with Crippen LogP contribution in [0.15, 0.2) is 47.5 Å². The molecule has 0 fully saturated rings. The van der Waals surface area contributed by atoms with Gasteiger partial charge in [-0.3, -0.25) is 4.79 Å². The van der Waals surface area contributed by atoms with Crippen LogP contribution in [0.1, 0.15) is 12.5 Å². The Bertz CT molecular complexity index is 548. The van der Waals surface area contributed by atoms with Gasteiger partial charge >= 0.3 is 0 Å². The number of nitrogens with one attached hydrogen (secondary N) is 1. The summed E-state index contributed by atoms with van der Waals surface area (Å²) in [6.07, 6.45) is 3.54. The fourth-order valence-corrected chi connectivity index (χ4v) is 1.64. The van der Waals surface area contributed by atoms with Crippen molar-refractivity contribution in [1.29, 1.82) is 0 Å².